The summed E-state index contributed by atoms with van der Waals surface area (Å²) in [6.45, 7) is 58.4. The number of carbonyl (C=O) groups excluding carboxylic acids is 7. The van der Waals surface area contributed by atoms with E-state index in [1.54, 1.807) is 0 Å². The van der Waals surface area contributed by atoms with Crippen LogP contribution in [0, 0.1) is 163 Å². The van der Waals surface area contributed by atoms with Crippen LogP contribution >= 0.6 is 0 Å². The van der Waals surface area contributed by atoms with Gasteiger partial charge in [0.1, 0.15) is 39.2 Å². The SMILES string of the molecule is C.C.C.C.C.C.C.C.C.C.C.C.C.C.CCC(C)(C)C(=O)OC1(C)C2(C)CCC(C2)C1(C)C.CCC(C)(C)C(=O)OC1(C)CC2CC1C1CCCC21.CCC(C)(C)C(=O)OC1(C)CC2CC1C1CCCC21.CCC(C)(C)C(=O)OC1(CC)CC2CCC1C2.CCC(C)C(=O)OC1(C)CC2CC1C1CCCC21.CCC(C)C(=O)OC1(C)CC2CCC1C2.CCC(C)C(=O)OC1(CC)CC2CCC1C2. The second-order valence-electron chi connectivity index (χ2n) is 49.5. The molecule has 17 aliphatic carbocycles. The van der Waals surface area contributed by atoms with Crippen molar-refractivity contribution in [3.8, 4) is 0 Å². The molecular weight excluding hydrogens is 1700 g/mol. The lowest BCUT2D eigenvalue weighted by Crippen LogP contribution is -2.55. The molecule has 0 aromatic heterocycles. The Kier molecular flexibility index (Phi) is 54.1. The van der Waals surface area contributed by atoms with E-state index in [-0.39, 0.29) is 235 Å². The van der Waals surface area contributed by atoms with Gasteiger partial charge in [0.05, 0.1) is 39.4 Å². The van der Waals surface area contributed by atoms with E-state index < -0.39 is 0 Å². The lowest BCUT2D eigenvalue weighted by atomic mass is 9.61. The van der Waals surface area contributed by atoms with Crippen LogP contribution in [0.1, 0.15) is 548 Å². The number of ether oxygens (including phenoxy) is 7. The van der Waals surface area contributed by atoms with Gasteiger partial charge < -0.3 is 33.2 Å². The summed E-state index contributed by atoms with van der Waals surface area (Å²) in [4.78, 5) is 85.4. The largest absolute Gasteiger partial charge is 0.459 e. The molecule has 17 aliphatic rings. The Bertz CT molecular complexity index is 3580. The maximum absolute atomic E-state index is 12.5. The number of esters is 7. The quantitative estimate of drug-likeness (QED) is 0.0695. The van der Waals surface area contributed by atoms with Crippen molar-refractivity contribution in [3.05, 3.63) is 0 Å². The molecule has 0 N–H and O–H groups in total. The maximum atomic E-state index is 12.5. The Morgan fingerprint density at radius 2 is 0.562 bits per heavy atom. The van der Waals surface area contributed by atoms with Crippen molar-refractivity contribution < 1.29 is 66.7 Å². The molecule has 137 heavy (non-hydrogen) atoms. The highest BCUT2D eigenvalue weighted by Crippen LogP contribution is 2.71. The summed E-state index contributed by atoms with van der Waals surface area (Å²) >= 11 is 0. The topological polar surface area (TPSA) is 184 Å². The molecular formula is C123H240O14. The van der Waals surface area contributed by atoms with E-state index in [9.17, 15) is 33.6 Å². The van der Waals surface area contributed by atoms with E-state index in [0.29, 0.717) is 41.4 Å². The molecule has 0 radical (unpaired) electrons. The van der Waals surface area contributed by atoms with Crippen molar-refractivity contribution in [3.63, 3.8) is 0 Å². The van der Waals surface area contributed by atoms with E-state index in [4.69, 9.17) is 33.2 Å². The first-order valence-electron chi connectivity index (χ1n) is 52.0. The summed E-state index contributed by atoms with van der Waals surface area (Å²) < 4.78 is 41.9. The second-order valence-corrected chi connectivity index (χ2v) is 49.5. The zero-order valence-electron chi connectivity index (χ0n) is 84.0. The smallest absolute Gasteiger partial charge is 0.312 e. The van der Waals surface area contributed by atoms with Crippen molar-refractivity contribution in [2.75, 3.05) is 0 Å². The minimum absolute atomic E-state index is 0. The lowest BCUT2D eigenvalue weighted by molar-refractivity contribution is -0.202. The average Bonchev–Trinajstić information content (AvgIpc) is 1.53. The van der Waals surface area contributed by atoms with E-state index in [0.717, 1.165) is 167 Å². The third-order valence-corrected chi connectivity index (χ3v) is 40.6. The van der Waals surface area contributed by atoms with Crippen LogP contribution in [-0.4, -0.2) is 81.0 Å². The van der Waals surface area contributed by atoms with Gasteiger partial charge in [0.25, 0.3) is 0 Å². The normalized spacial score (nSPS) is 37.6. The first-order valence-corrected chi connectivity index (χ1v) is 52.0. The van der Waals surface area contributed by atoms with Crippen LogP contribution in [0.25, 0.3) is 0 Å². The Labute approximate surface area is 853 Å². The van der Waals surface area contributed by atoms with Crippen LogP contribution in [-0.2, 0) is 66.7 Å². The molecule has 0 aromatic carbocycles. The predicted molar refractivity (Wildman–Crippen MR) is 586 cm³/mol. The van der Waals surface area contributed by atoms with E-state index in [2.05, 4.69) is 104 Å². The van der Waals surface area contributed by atoms with Gasteiger partial charge in [-0.05, 0) is 416 Å². The van der Waals surface area contributed by atoms with Crippen molar-refractivity contribution in [2.45, 2.75) is 587 Å². The molecule has 0 aliphatic heterocycles. The molecule has 14 bridgehead atoms. The predicted octanol–water partition coefficient (Wildman–Crippen LogP) is 36.3. The Morgan fingerprint density at radius 1 is 0.285 bits per heavy atom. The Hall–Kier alpha value is -3.71. The minimum Gasteiger partial charge on any atom is -0.459 e. The molecule has 0 spiro atoms. The number of fused-ring (bicyclic) bond motifs is 23. The van der Waals surface area contributed by atoms with Gasteiger partial charge in [0.2, 0.25) is 0 Å². The summed E-state index contributed by atoms with van der Waals surface area (Å²) in [7, 11) is 0. The molecule has 17 saturated carbocycles. The summed E-state index contributed by atoms with van der Waals surface area (Å²) in [6, 6.07) is 0. The molecule has 0 amide bonds. The Morgan fingerprint density at radius 3 is 0.832 bits per heavy atom. The first kappa shape index (κ1) is 140. The standard InChI is InChI=1S/2C17H28O2.C17H30O2.C16H26O2.C15H26O2.C14H24O2.C13H22O2.14CH4/c2*1-5-16(2,3)15(18)19-17(4)10-11-9-14(17)13-8-6-7-12(11)13;1-8-14(2,3)13(18)19-17(7)15(4,5)12-9-10-16(17,6)11-12;1-4-10(2)15(17)18-16(3)9-11-8-14(16)13-7-5-6-12(11)13;1-5-14(3,4)13(16)17-15(6-2)10-11-7-8-12(15)9-11;1-4-10(3)13(15)16-14(5-2)9-11-6-7-12(14)8-11;1-4-9(2)12(14)15-13(3)8-10-5-6-11(13)7-10;;;;;;;;;;;;;;/h2*11-14H,5-10H2,1-4H3;12H,8-11H2,1-7H3;10-14H,4-9H2,1-3H3;11-12H,5-10H2,1-4H3;10-12H,4-9H2,1-3H3;9-11H,4-8H2,1-3H3;14*1H4. The van der Waals surface area contributed by atoms with Crippen LogP contribution in [0.3, 0.4) is 0 Å². The zero-order chi connectivity index (χ0) is 90.8. The van der Waals surface area contributed by atoms with Crippen LogP contribution in [0.5, 0.6) is 0 Å². The average molecular weight is 1940 g/mol. The Balaban J connectivity index is -0.000000742. The summed E-state index contributed by atoms with van der Waals surface area (Å²) in [5.41, 5.74) is -2.29. The molecule has 30 atom stereocenters. The van der Waals surface area contributed by atoms with Gasteiger partial charge >= 0.3 is 41.8 Å². The maximum Gasteiger partial charge on any atom is 0.312 e. The number of carbonyl (C=O) groups is 7. The van der Waals surface area contributed by atoms with Gasteiger partial charge in [-0.3, -0.25) is 33.6 Å². The molecule has 30 unspecified atom stereocenters. The number of hydrogen-bond acceptors (Lipinski definition) is 14. The van der Waals surface area contributed by atoms with E-state index >= 15 is 0 Å². The van der Waals surface area contributed by atoms with Crippen LogP contribution in [0.15, 0.2) is 0 Å². The van der Waals surface area contributed by atoms with Gasteiger partial charge in [-0.2, -0.15) is 0 Å². The third kappa shape index (κ3) is 27.6. The molecule has 17 rings (SSSR count). The minimum atomic E-state index is -0.378. The van der Waals surface area contributed by atoms with Crippen molar-refractivity contribution >= 4 is 41.8 Å². The van der Waals surface area contributed by atoms with Crippen molar-refractivity contribution in [1.82, 2.24) is 0 Å². The van der Waals surface area contributed by atoms with Gasteiger partial charge in [0, 0.05) is 28.6 Å². The van der Waals surface area contributed by atoms with E-state index in [1.807, 2.05) is 90.0 Å². The molecule has 816 valence electrons. The monoisotopic (exact) mass is 1940 g/mol. The highest BCUT2D eigenvalue weighted by Gasteiger charge is 2.70. The van der Waals surface area contributed by atoms with Crippen LogP contribution in [0.4, 0.5) is 0 Å². The molecule has 0 aromatic rings. The third-order valence-electron chi connectivity index (χ3n) is 40.6. The summed E-state index contributed by atoms with van der Waals surface area (Å²) in [5, 5.41) is 0. The van der Waals surface area contributed by atoms with Gasteiger partial charge in [-0.15, -0.1) is 0 Å². The second kappa shape index (κ2) is 53.1. The lowest BCUT2D eigenvalue weighted by Gasteiger charge is -2.51. The molecule has 14 heteroatoms. The fourth-order valence-electron chi connectivity index (χ4n) is 29.3. The zero-order valence-corrected chi connectivity index (χ0v) is 84.0. The van der Waals surface area contributed by atoms with Crippen molar-refractivity contribution in [1.29, 1.82) is 0 Å². The molecule has 0 heterocycles. The summed E-state index contributed by atoms with van der Waals surface area (Å²) in [5.74, 6) is 15.2. The van der Waals surface area contributed by atoms with Gasteiger partial charge in [-0.1, -0.05) is 227 Å². The number of hydrogen-bond donors (Lipinski definition) is 0. The van der Waals surface area contributed by atoms with Crippen LogP contribution in [0.2, 0.25) is 0 Å². The summed E-state index contributed by atoms with van der Waals surface area (Å²) in [6.07, 6.45) is 46.6. The molecule has 14 nitrogen and oxygen atoms in total. The van der Waals surface area contributed by atoms with Gasteiger partial charge in [0.15, 0.2) is 0 Å². The first-order chi connectivity index (χ1) is 57.4. The number of rotatable bonds is 23. The van der Waals surface area contributed by atoms with Gasteiger partial charge in [-0.25, -0.2) is 0 Å². The fraction of sp³-hybridized carbons (Fsp3) is 0.943. The molecule has 0 saturated heterocycles. The fourth-order valence-corrected chi connectivity index (χ4v) is 29.3. The van der Waals surface area contributed by atoms with Crippen LogP contribution < -0.4 is 0 Å². The highest BCUT2D eigenvalue weighted by molar-refractivity contribution is 5.78. The highest BCUT2D eigenvalue weighted by atomic mass is 16.6. The molecule has 17 fully saturated rings. The van der Waals surface area contributed by atoms with E-state index in [1.165, 1.54) is 154 Å². The van der Waals surface area contributed by atoms with Crippen molar-refractivity contribution in [2.24, 2.45) is 163 Å².